The first-order valence-corrected chi connectivity index (χ1v) is 5.99. The Hall–Kier alpha value is -0.870. The topological polar surface area (TPSA) is 89.9 Å². The first-order valence-electron chi connectivity index (χ1n) is 3.47. The number of carboxylic acid groups (broad SMARTS) is 1. The predicted octanol–water partition coefficient (Wildman–Crippen LogP) is 0.864. The van der Waals surface area contributed by atoms with Gasteiger partial charge < -0.3 is 5.11 Å². The summed E-state index contributed by atoms with van der Waals surface area (Å²) in [7, 11) is -2.86. The van der Waals surface area contributed by atoms with Crippen molar-refractivity contribution >= 4 is 19.3 Å². The van der Waals surface area contributed by atoms with Gasteiger partial charge in [0.05, 0.1) is 12.8 Å². The number of carboxylic acids is 1. The van der Waals surface area contributed by atoms with Gasteiger partial charge in [-0.3, -0.25) is 14.2 Å². The molecule has 0 aromatic heterocycles. The maximum absolute atomic E-state index is 10.8. The molecule has 0 aromatic carbocycles. The van der Waals surface area contributed by atoms with E-state index in [1.165, 1.54) is 13.3 Å². The summed E-state index contributed by atoms with van der Waals surface area (Å²) < 4.78 is 15.1. The van der Waals surface area contributed by atoms with Crippen molar-refractivity contribution in [2.45, 2.75) is 12.8 Å². The molecule has 0 aliphatic carbocycles. The Balaban J connectivity index is 3.65. The van der Waals surface area contributed by atoms with Crippen LogP contribution in [0.5, 0.6) is 0 Å². The van der Waals surface area contributed by atoms with Gasteiger partial charge in [0.1, 0.15) is 0 Å². The van der Waals surface area contributed by atoms with Crippen molar-refractivity contribution in [3.63, 3.8) is 0 Å². The zero-order chi connectivity index (χ0) is 10.5. The third-order valence-electron chi connectivity index (χ3n) is 0.853. The Kier molecular flexibility index (Phi) is 4.66. The van der Waals surface area contributed by atoms with E-state index in [1.54, 1.807) is 0 Å². The first kappa shape index (κ1) is 12.1. The summed E-state index contributed by atoms with van der Waals surface area (Å²) in [6.45, 7) is 2.55. The second-order valence-electron chi connectivity index (χ2n) is 2.68. The highest BCUT2D eigenvalue weighted by atomic mass is 31.2. The molecule has 0 aromatic rings. The Morgan fingerprint density at radius 2 is 1.85 bits per heavy atom. The summed E-state index contributed by atoms with van der Waals surface area (Å²) >= 11 is 0. The molecule has 0 aliphatic rings. The van der Waals surface area contributed by atoms with Gasteiger partial charge in [0.15, 0.2) is 0 Å². The number of hydrogen-bond acceptors (Lipinski definition) is 5. The van der Waals surface area contributed by atoms with Crippen molar-refractivity contribution in [2.75, 3.05) is 13.3 Å². The van der Waals surface area contributed by atoms with Crippen molar-refractivity contribution in [3.8, 4) is 0 Å². The van der Waals surface area contributed by atoms with Gasteiger partial charge in [0.2, 0.25) is 7.37 Å². The number of carbonyl (C=O) groups is 2. The lowest BCUT2D eigenvalue weighted by Crippen LogP contribution is -2.06. The molecule has 7 heteroatoms. The van der Waals surface area contributed by atoms with Gasteiger partial charge in [0.25, 0.3) is 0 Å². The summed E-state index contributed by atoms with van der Waals surface area (Å²) in [5.74, 6) is -1.94. The van der Waals surface area contributed by atoms with E-state index < -0.39 is 19.3 Å². The quantitative estimate of drug-likeness (QED) is 0.411. The molecule has 0 amide bonds. The third kappa shape index (κ3) is 9.04. The highest BCUT2D eigenvalue weighted by molar-refractivity contribution is 7.57. The van der Waals surface area contributed by atoms with Crippen LogP contribution in [-0.4, -0.2) is 30.4 Å². The zero-order valence-electron chi connectivity index (χ0n) is 7.35. The fourth-order valence-electron chi connectivity index (χ4n) is 0.382. The molecule has 1 N–H and O–H groups in total. The van der Waals surface area contributed by atoms with Crippen LogP contribution in [-0.2, 0) is 23.7 Å². The average molecular weight is 210 g/mol. The SMILES string of the molecule is CP(C)(=O)OOC(=O)CCC(=O)O. The monoisotopic (exact) mass is 210 g/mol. The summed E-state index contributed by atoms with van der Waals surface area (Å²) in [5.41, 5.74) is 0. The molecule has 0 spiro atoms. The van der Waals surface area contributed by atoms with Gasteiger partial charge in [-0.1, -0.05) is 0 Å². The Morgan fingerprint density at radius 1 is 1.31 bits per heavy atom. The molecule has 13 heavy (non-hydrogen) atoms. The highest BCUT2D eigenvalue weighted by Crippen LogP contribution is 2.37. The first-order chi connectivity index (χ1) is 5.81. The van der Waals surface area contributed by atoms with Crippen LogP contribution in [0.3, 0.4) is 0 Å². The molecule has 0 bridgehead atoms. The van der Waals surface area contributed by atoms with Crippen molar-refractivity contribution in [2.24, 2.45) is 0 Å². The van der Waals surface area contributed by atoms with Crippen LogP contribution in [0.1, 0.15) is 12.8 Å². The van der Waals surface area contributed by atoms with Gasteiger partial charge in [-0.2, -0.15) is 0 Å². The Morgan fingerprint density at radius 3 is 2.23 bits per heavy atom. The maximum Gasteiger partial charge on any atom is 0.343 e. The molecule has 0 saturated heterocycles. The lowest BCUT2D eigenvalue weighted by atomic mass is 10.3. The van der Waals surface area contributed by atoms with Crippen LogP contribution in [0, 0.1) is 0 Å². The molecule has 0 aliphatic heterocycles. The van der Waals surface area contributed by atoms with Gasteiger partial charge >= 0.3 is 11.9 Å². The van der Waals surface area contributed by atoms with Crippen molar-refractivity contribution in [1.82, 2.24) is 0 Å². The van der Waals surface area contributed by atoms with E-state index in [2.05, 4.69) is 9.56 Å². The van der Waals surface area contributed by atoms with E-state index in [4.69, 9.17) is 5.11 Å². The number of hydrogen-bond donors (Lipinski definition) is 1. The van der Waals surface area contributed by atoms with E-state index in [1.807, 2.05) is 0 Å². The van der Waals surface area contributed by atoms with E-state index in [0.29, 0.717) is 0 Å². The highest BCUT2D eigenvalue weighted by Gasteiger charge is 2.13. The summed E-state index contributed by atoms with van der Waals surface area (Å²) in [5, 5.41) is 8.19. The molecule has 6 nitrogen and oxygen atoms in total. The molecule has 0 atom stereocenters. The van der Waals surface area contributed by atoms with Crippen LogP contribution >= 0.6 is 7.37 Å². The summed E-state index contributed by atoms with van der Waals surface area (Å²) in [6.07, 6.45) is -0.630. The van der Waals surface area contributed by atoms with Gasteiger partial charge in [-0.05, 0) is 0 Å². The molecular weight excluding hydrogens is 199 g/mol. The Labute approximate surface area is 75.2 Å². The second kappa shape index (κ2) is 4.99. The van der Waals surface area contributed by atoms with E-state index in [0.717, 1.165) is 0 Å². The van der Waals surface area contributed by atoms with Crippen molar-refractivity contribution in [3.05, 3.63) is 0 Å². The molecule has 0 unspecified atom stereocenters. The normalized spacial score (nSPS) is 10.9. The third-order valence-corrected chi connectivity index (χ3v) is 1.29. The molecule has 0 heterocycles. The van der Waals surface area contributed by atoms with Crippen molar-refractivity contribution in [1.29, 1.82) is 0 Å². The maximum atomic E-state index is 10.8. The number of rotatable bonds is 5. The van der Waals surface area contributed by atoms with Gasteiger partial charge in [0, 0.05) is 13.3 Å². The van der Waals surface area contributed by atoms with Crippen LogP contribution < -0.4 is 0 Å². The summed E-state index contributed by atoms with van der Waals surface area (Å²) in [6, 6.07) is 0. The molecule has 0 fully saturated rings. The van der Waals surface area contributed by atoms with E-state index in [9.17, 15) is 14.2 Å². The van der Waals surface area contributed by atoms with E-state index >= 15 is 0 Å². The number of aliphatic carboxylic acids is 1. The smallest absolute Gasteiger partial charge is 0.343 e. The molecular formula is C6H11O6P. The molecule has 0 radical (unpaired) electrons. The molecule has 0 rings (SSSR count). The minimum absolute atomic E-state index is 0.296. The van der Waals surface area contributed by atoms with E-state index in [-0.39, 0.29) is 12.8 Å². The fraction of sp³-hybridized carbons (Fsp3) is 0.667. The fourth-order valence-corrected chi connectivity index (χ4v) is 0.645. The minimum atomic E-state index is -2.86. The molecule has 76 valence electrons. The van der Waals surface area contributed by atoms with Crippen LogP contribution in [0.25, 0.3) is 0 Å². The minimum Gasteiger partial charge on any atom is -0.481 e. The van der Waals surface area contributed by atoms with Crippen LogP contribution in [0.15, 0.2) is 0 Å². The largest absolute Gasteiger partial charge is 0.481 e. The zero-order valence-corrected chi connectivity index (χ0v) is 8.24. The van der Waals surface area contributed by atoms with Crippen molar-refractivity contribution < 1.29 is 28.8 Å². The molecule has 0 saturated carbocycles. The standard InChI is InChI=1S/C6H11O6P/c1-13(2,10)12-11-6(9)4-3-5(7)8/h3-4H2,1-2H3,(H,7,8). The number of carbonyl (C=O) groups excluding carboxylic acids is 1. The summed E-state index contributed by atoms with van der Waals surface area (Å²) in [4.78, 5) is 24.8. The van der Waals surface area contributed by atoms with Crippen LogP contribution in [0.2, 0.25) is 0 Å². The van der Waals surface area contributed by atoms with Gasteiger partial charge in [-0.15, -0.1) is 4.67 Å². The lowest BCUT2D eigenvalue weighted by molar-refractivity contribution is -0.213. The lowest BCUT2D eigenvalue weighted by Gasteiger charge is -2.05. The Bertz CT molecular complexity index is 242. The second-order valence-corrected chi connectivity index (χ2v) is 5.33. The van der Waals surface area contributed by atoms with Gasteiger partial charge in [-0.25, -0.2) is 4.79 Å². The average Bonchev–Trinajstić information content (AvgIpc) is 1.95. The predicted molar refractivity (Wildman–Crippen MR) is 43.5 cm³/mol. The van der Waals surface area contributed by atoms with Crippen LogP contribution in [0.4, 0.5) is 0 Å².